The summed E-state index contributed by atoms with van der Waals surface area (Å²) in [5.74, 6) is -1.05. The smallest absolute Gasteiger partial charge is 0.321 e. The van der Waals surface area contributed by atoms with Crippen LogP contribution < -0.4 is 5.73 Å². The van der Waals surface area contributed by atoms with E-state index in [0.29, 0.717) is 13.2 Å². The van der Waals surface area contributed by atoms with Crippen LogP contribution in [0.3, 0.4) is 0 Å². The number of hydrogen-bond donors (Lipinski definition) is 2. The molecule has 15 heavy (non-hydrogen) atoms. The molecule has 0 aliphatic carbocycles. The van der Waals surface area contributed by atoms with Gasteiger partial charge in [-0.25, -0.2) is 0 Å². The Morgan fingerprint density at radius 2 is 1.73 bits per heavy atom. The van der Waals surface area contributed by atoms with Crippen LogP contribution in [0.15, 0.2) is 0 Å². The van der Waals surface area contributed by atoms with Crippen LogP contribution in [0, 0.1) is 5.41 Å². The minimum absolute atomic E-state index is 0.459. The monoisotopic (exact) mass is 219 g/mol. The van der Waals surface area contributed by atoms with Gasteiger partial charge < -0.3 is 20.3 Å². The van der Waals surface area contributed by atoms with Gasteiger partial charge in [-0.2, -0.15) is 0 Å². The van der Waals surface area contributed by atoms with E-state index in [1.165, 1.54) is 0 Å². The van der Waals surface area contributed by atoms with Crippen molar-refractivity contribution >= 4 is 5.97 Å². The highest BCUT2D eigenvalue weighted by Gasteiger charge is 2.40. The SMILES string of the molecule is CCOC(OCC)C(C)(C)C(N)C(=O)O. The number of nitrogens with two attached hydrogens (primary N) is 1. The van der Waals surface area contributed by atoms with Gasteiger partial charge in [-0.1, -0.05) is 13.8 Å². The minimum atomic E-state index is -1.05. The summed E-state index contributed by atoms with van der Waals surface area (Å²) in [5, 5.41) is 8.87. The molecule has 0 aromatic carbocycles. The lowest BCUT2D eigenvalue weighted by molar-refractivity contribution is -0.203. The van der Waals surface area contributed by atoms with Crippen molar-refractivity contribution in [2.45, 2.75) is 40.0 Å². The molecule has 0 fully saturated rings. The molecule has 0 aliphatic rings. The molecule has 3 N–H and O–H groups in total. The van der Waals surface area contributed by atoms with E-state index in [4.69, 9.17) is 20.3 Å². The highest BCUT2D eigenvalue weighted by atomic mass is 16.7. The summed E-state index contributed by atoms with van der Waals surface area (Å²) in [6.45, 7) is 8.02. The second-order valence-corrected chi connectivity index (χ2v) is 3.88. The Bertz CT molecular complexity index is 200. The number of carboxylic acids is 1. The molecule has 1 atom stereocenters. The molecular formula is C10H21NO4. The summed E-state index contributed by atoms with van der Waals surface area (Å²) in [4.78, 5) is 10.8. The first-order chi connectivity index (χ1) is 6.87. The Morgan fingerprint density at radius 3 is 2.00 bits per heavy atom. The summed E-state index contributed by atoms with van der Waals surface area (Å²) >= 11 is 0. The lowest BCUT2D eigenvalue weighted by Gasteiger charge is -2.36. The van der Waals surface area contributed by atoms with Crippen LogP contribution in [0.5, 0.6) is 0 Å². The molecule has 0 saturated heterocycles. The van der Waals surface area contributed by atoms with E-state index in [1.807, 2.05) is 13.8 Å². The van der Waals surface area contributed by atoms with E-state index in [1.54, 1.807) is 13.8 Å². The maximum atomic E-state index is 10.8. The lowest BCUT2D eigenvalue weighted by Crippen LogP contribution is -2.52. The average Bonchev–Trinajstić information content (AvgIpc) is 2.16. The summed E-state index contributed by atoms with van der Waals surface area (Å²) in [6, 6.07) is -1.01. The highest BCUT2D eigenvalue weighted by Crippen LogP contribution is 2.27. The molecule has 0 aromatic rings. The van der Waals surface area contributed by atoms with Crippen LogP contribution in [0.2, 0.25) is 0 Å². The first kappa shape index (κ1) is 14.3. The molecule has 5 heteroatoms. The molecule has 1 unspecified atom stereocenters. The van der Waals surface area contributed by atoms with Gasteiger partial charge in [0.25, 0.3) is 0 Å². The normalized spacial score (nSPS) is 14.3. The standard InChI is InChI=1S/C10H21NO4/c1-5-14-9(15-6-2)10(3,4)7(11)8(12)13/h7,9H,5-6,11H2,1-4H3,(H,12,13). The Morgan fingerprint density at radius 1 is 1.33 bits per heavy atom. The topological polar surface area (TPSA) is 81.8 Å². The zero-order valence-electron chi connectivity index (χ0n) is 9.82. The zero-order valence-corrected chi connectivity index (χ0v) is 9.82. The predicted molar refractivity (Wildman–Crippen MR) is 56.4 cm³/mol. The fourth-order valence-electron chi connectivity index (χ4n) is 1.25. The Hall–Kier alpha value is -0.650. The van der Waals surface area contributed by atoms with Crippen LogP contribution in [0.4, 0.5) is 0 Å². The van der Waals surface area contributed by atoms with E-state index in [0.717, 1.165) is 0 Å². The van der Waals surface area contributed by atoms with Crippen molar-refractivity contribution in [3.8, 4) is 0 Å². The van der Waals surface area contributed by atoms with Gasteiger partial charge in [0.15, 0.2) is 6.29 Å². The molecule has 0 heterocycles. The number of carbonyl (C=O) groups is 1. The van der Waals surface area contributed by atoms with Gasteiger partial charge in [0.05, 0.1) is 0 Å². The summed E-state index contributed by atoms with van der Waals surface area (Å²) in [6.07, 6.45) is -0.599. The molecule has 0 bridgehead atoms. The van der Waals surface area contributed by atoms with Gasteiger partial charge in [-0.15, -0.1) is 0 Å². The second kappa shape index (κ2) is 6.05. The Kier molecular flexibility index (Phi) is 5.79. The molecule has 0 saturated carbocycles. The van der Waals surface area contributed by atoms with Crippen molar-refractivity contribution < 1.29 is 19.4 Å². The molecule has 0 spiro atoms. The van der Waals surface area contributed by atoms with Crippen LogP contribution >= 0.6 is 0 Å². The van der Waals surface area contributed by atoms with Gasteiger partial charge in [-0.3, -0.25) is 4.79 Å². The van der Waals surface area contributed by atoms with Gasteiger partial charge in [0, 0.05) is 18.6 Å². The maximum absolute atomic E-state index is 10.8. The fourth-order valence-corrected chi connectivity index (χ4v) is 1.25. The number of ether oxygens (including phenoxy) is 2. The van der Waals surface area contributed by atoms with Gasteiger partial charge in [0.2, 0.25) is 0 Å². The minimum Gasteiger partial charge on any atom is -0.480 e. The van der Waals surface area contributed by atoms with Crippen molar-refractivity contribution in [1.29, 1.82) is 0 Å². The summed E-state index contributed by atoms with van der Waals surface area (Å²) in [5.41, 5.74) is 4.83. The molecule has 0 aliphatic heterocycles. The number of rotatable bonds is 7. The van der Waals surface area contributed by atoms with Gasteiger partial charge >= 0.3 is 5.97 Å². The fraction of sp³-hybridized carbons (Fsp3) is 0.900. The van der Waals surface area contributed by atoms with E-state index in [9.17, 15) is 4.79 Å². The van der Waals surface area contributed by atoms with E-state index < -0.39 is 23.7 Å². The van der Waals surface area contributed by atoms with Gasteiger partial charge in [-0.05, 0) is 13.8 Å². The van der Waals surface area contributed by atoms with Crippen LogP contribution in [-0.4, -0.2) is 36.6 Å². The van der Waals surface area contributed by atoms with Crippen molar-refractivity contribution in [1.82, 2.24) is 0 Å². The quantitative estimate of drug-likeness (QED) is 0.620. The van der Waals surface area contributed by atoms with Crippen molar-refractivity contribution in [3.05, 3.63) is 0 Å². The van der Waals surface area contributed by atoms with Crippen molar-refractivity contribution in [2.75, 3.05) is 13.2 Å². The number of carboxylic acid groups (broad SMARTS) is 1. The van der Waals surface area contributed by atoms with Crippen LogP contribution in [0.25, 0.3) is 0 Å². The summed E-state index contributed by atoms with van der Waals surface area (Å²) < 4.78 is 10.7. The van der Waals surface area contributed by atoms with Crippen molar-refractivity contribution in [3.63, 3.8) is 0 Å². The third-order valence-corrected chi connectivity index (χ3v) is 2.31. The Labute approximate surface area is 90.5 Å². The highest BCUT2D eigenvalue weighted by molar-refractivity contribution is 5.74. The zero-order chi connectivity index (χ0) is 12.1. The number of aliphatic carboxylic acids is 1. The molecule has 0 rings (SSSR count). The lowest BCUT2D eigenvalue weighted by atomic mass is 9.84. The third kappa shape index (κ3) is 3.77. The largest absolute Gasteiger partial charge is 0.480 e. The van der Waals surface area contributed by atoms with Gasteiger partial charge in [0.1, 0.15) is 6.04 Å². The van der Waals surface area contributed by atoms with Crippen LogP contribution in [0.1, 0.15) is 27.7 Å². The molecule has 0 amide bonds. The summed E-state index contributed by atoms with van der Waals surface area (Å²) in [7, 11) is 0. The molecule has 0 radical (unpaired) electrons. The maximum Gasteiger partial charge on any atom is 0.321 e. The molecule has 5 nitrogen and oxygen atoms in total. The predicted octanol–water partition coefficient (Wildman–Crippen LogP) is 0.824. The van der Waals surface area contributed by atoms with E-state index in [2.05, 4.69) is 0 Å². The van der Waals surface area contributed by atoms with E-state index in [-0.39, 0.29) is 0 Å². The van der Waals surface area contributed by atoms with Crippen LogP contribution in [-0.2, 0) is 14.3 Å². The third-order valence-electron chi connectivity index (χ3n) is 2.31. The average molecular weight is 219 g/mol. The van der Waals surface area contributed by atoms with E-state index >= 15 is 0 Å². The molecular weight excluding hydrogens is 198 g/mol. The second-order valence-electron chi connectivity index (χ2n) is 3.88. The number of hydrogen-bond acceptors (Lipinski definition) is 4. The Balaban J connectivity index is 4.67. The first-order valence-electron chi connectivity index (χ1n) is 5.09. The first-order valence-corrected chi connectivity index (χ1v) is 5.09. The molecule has 90 valence electrons. The van der Waals surface area contributed by atoms with Crippen molar-refractivity contribution in [2.24, 2.45) is 11.1 Å². The molecule has 0 aromatic heterocycles.